The summed E-state index contributed by atoms with van der Waals surface area (Å²) in [5, 5.41) is 3.22. The molecule has 1 heterocycles. The van der Waals surface area contributed by atoms with Crippen LogP contribution in [-0.4, -0.2) is 44.2 Å². The van der Waals surface area contributed by atoms with E-state index in [1.54, 1.807) is 21.1 Å². The molecule has 5 heteroatoms. The van der Waals surface area contributed by atoms with Gasteiger partial charge in [-0.1, -0.05) is 57.8 Å². The third kappa shape index (κ3) is 5.72. The minimum atomic E-state index is 0.0356. The normalized spacial score (nSPS) is 24.6. The van der Waals surface area contributed by atoms with E-state index in [9.17, 15) is 4.79 Å². The van der Waals surface area contributed by atoms with Crippen molar-refractivity contribution in [1.82, 2.24) is 10.2 Å². The number of methoxy groups -OCH3 is 2. The third-order valence-electron chi connectivity index (χ3n) is 8.82. The highest BCUT2D eigenvalue weighted by Gasteiger charge is 2.47. The monoisotopic (exact) mass is 470 g/mol. The van der Waals surface area contributed by atoms with E-state index in [2.05, 4.69) is 22.3 Å². The van der Waals surface area contributed by atoms with Gasteiger partial charge in [-0.15, -0.1) is 0 Å². The summed E-state index contributed by atoms with van der Waals surface area (Å²) in [6.07, 6.45) is 18.7. The lowest BCUT2D eigenvalue weighted by Gasteiger charge is -2.44. The molecule has 1 aromatic carbocycles. The zero-order chi connectivity index (χ0) is 24.0. The van der Waals surface area contributed by atoms with Gasteiger partial charge in [0.05, 0.1) is 20.3 Å². The van der Waals surface area contributed by atoms with Crippen molar-refractivity contribution in [2.75, 3.05) is 27.3 Å². The second-order valence-corrected chi connectivity index (χ2v) is 11.0. The first-order valence-corrected chi connectivity index (χ1v) is 13.8. The fraction of sp³-hybridized carbons (Fsp3) is 0.759. The number of nitrogens with zero attached hydrogens (tertiary/aromatic N) is 1. The highest BCUT2D eigenvalue weighted by atomic mass is 16.5. The van der Waals surface area contributed by atoms with Gasteiger partial charge in [0, 0.05) is 18.4 Å². The van der Waals surface area contributed by atoms with Gasteiger partial charge in [-0.3, -0.25) is 4.79 Å². The molecule has 4 rings (SSSR count). The molecular weight excluding hydrogens is 424 g/mol. The SMILES string of the molecule is COc1cc2c(cc1OC)C1(CCN(C3CCCCCCCCCCC3)CC1)C[C@@H]2NC(C)=O. The molecule has 190 valence electrons. The zero-order valence-corrected chi connectivity index (χ0v) is 21.8. The largest absolute Gasteiger partial charge is 0.493 e. The van der Waals surface area contributed by atoms with Crippen molar-refractivity contribution >= 4 is 5.91 Å². The number of carbonyl (C=O) groups is 1. The Labute approximate surface area is 207 Å². The van der Waals surface area contributed by atoms with Crippen LogP contribution in [0.1, 0.15) is 114 Å². The van der Waals surface area contributed by atoms with E-state index in [0.29, 0.717) is 0 Å². The first-order chi connectivity index (χ1) is 16.6. The van der Waals surface area contributed by atoms with Crippen LogP contribution in [0.5, 0.6) is 11.5 Å². The maximum atomic E-state index is 12.0. The van der Waals surface area contributed by atoms with E-state index in [4.69, 9.17) is 9.47 Å². The first kappa shape index (κ1) is 25.3. The molecule has 0 radical (unpaired) electrons. The minimum Gasteiger partial charge on any atom is -0.493 e. The molecule has 0 aromatic heterocycles. The molecule has 1 N–H and O–H groups in total. The van der Waals surface area contributed by atoms with Gasteiger partial charge in [0.25, 0.3) is 0 Å². The average Bonchev–Trinajstić information content (AvgIpc) is 3.10. The van der Waals surface area contributed by atoms with Crippen LogP contribution in [0, 0.1) is 0 Å². The summed E-state index contributed by atoms with van der Waals surface area (Å²) in [5.74, 6) is 1.58. The maximum Gasteiger partial charge on any atom is 0.217 e. The van der Waals surface area contributed by atoms with E-state index < -0.39 is 0 Å². The Morgan fingerprint density at radius 1 is 0.882 bits per heavy atom. The number of carbonyl (C=O) groups excluding carboxylic acids is 1. The fourth-order valence-electron chi connectivity index (χ4n) is 6.92. The van der Waals surface area contributed by atoms with Crippen LogP contribution in [0.3, 0.4) is 0 Å². The number of piperidine rings is 1. The van der Waals surface area contributed by atoms with Crippen LogP contribution < -0.4 is 14.8 Å². The fourth-order valence-corrected chi connectivity index (χ4v) is 6.92. The van der Waals surface area contributed by atoms with Gasteiger partial charge in [-0.2, -0.15) is 0 Å². The van der Waals surface area contributed by atoms with Gasteiger partial charge in [0.1, 0.15) is 0 Å². The number of fused-ring (bicyclic) bond motifs is 2. The lowest BCUT2D eigenvalue weighted by Crippen LogP contribution is -2.46. The molecule has 0 unspecified atom stereocenters. The number of hydrogen-bond donors (Lipinski definition) is 1. The summed E-state index contributed by atoms with van der Waals surface area (Å²) in [6.45, 7) is 3.94. The standard InChI is InChI=1S/C29H46N2O3/c1-22(32)30-26-21-29(25-20-28(34-3)27(33-2)19-24(25)26)15-17-31(18-16-29)23-13-11-9-7-5-4-6-8-10-12-14-23/h19-20,23,26H,4-18,21H2,1-3H3,(H,30,32)/t26-/m0/s1. The van der Waals surface area contributed by atoms with Crippen molar-refractivity contribution in [3.8, 4) is 11.5 Å². The van der Waals surface area contributed by atoms with Crippen LogP contribution in [-0.2, 0) is 10.2 Å². The summed E-state index contributed by atoms with van der Waals surface area (Å²) < 4.78 is 11.3. The average molecular weight is 471 g/mol. The molecule has 0 bridgehead atoms. The van der Waals surface area contributed by atoms with E-state index in [1.807, 2.05) is 0 Å². The highest BCUT2D eigenvalue weighted by Crippen LogP contribution is 2.53. The Balaban J connectivity index is 1.49. The molecule has 1 saturated carbocycles. The number of benzene rings is 1. The van der Waals surface area contributed by atoms with E-state index in [0.717, 1.165) is 49.9 Å². The molecule has 1 spiro atoms. The highest BCUT2D eigenvalue weighted by molar-refractivity contribution is 5.74. The van der Waals surface area contributed by atoms with E-state index >= 15 is 0 Å². The lowest BCUT2D eigenvalue weighted by molar-refractivity contribution is -0.119. The third-order valence-corrected chi connectivity index (χ3v) is 8.82. The number of ether oxygens (including phenoxy) is 2. The predicted molar refractivity (Wildman–Crippen MR) is 138 cm³/mol. The smallest absolute Gasteiger partial charge is 0.217 e. The van der Waals surface area contributed by atoms with Crippen molar-refractivity contribution in [3.63, 3.8) is 0 Å². The van der Waals surface area contributed by atoms with Gasteiger partial charge >= 0.3 is 0 Å². The molecule has 1 aromatic rings. The number of rotatable bonds is 4. The molecule has 1 atom stereocenters. The molecule has 1 aliphatic heterocycles. The number of likely N-dealkylation sites (tertiary alicyclic amines) is 1. The number of nitrogens with one attached hydrogen (secondary N) is 1. The van der Waals surface area contributed by atoms with E-state index in [-0.39, 0.29) is 17.4 Å². The van der Waals surface area contributed by atoms with Crippen LogP contribution in [0.4, 0.5) is 0 Å². The molecule has 1 amide bonds. The topological polar surface area (TPSA) is 50.8 Å². The Hall–Kier alpha value is -1.75. The van der Waals surface area contributed by atoms with E-state index in [1.165, 1.54) is 81.8 Å². The van der Waals surface area contributed by atoms with Crippen molar-refractivity contribution in [2.45, 2.75) is 114 Å². The second kappa shape index (κ2) is 11.8. The summed E-state index contributed by atoms with van der Waals surface area (Å²) in [6, 6.07) is 5.10. The molecule has 1 saturated heterocycles. The molecule has 5 nitrogen and oxygen atoms in total. The van der Waals surface area contributed by atoms with Gasteiger partial charge in [-0.05, 0) is 68.5 Å². The molecular formula is C29H46N2O3. The van der Waals surface area contributed by atoms with Crippen LogP contribution in [0.15, 0.2) is 12.1 Å². The van der Waals surface area contributed by atoms with Crippen LogP contribution >= 0.6 is 0 Å². The zero-order valence-electron chi connectivity index (χ0n) is 21.8. The maximum absolute atomic E-state index is 12.0. The Morgan fingerprint density at radius 3 is 1.94 bits per heavy atom. The van der Waals surface area contributed by atoms with Crippen LogP contribution in [0.25, 0.3) is 0 Å². The van der Waals surface area contributed by atoms with Crippen molar-refractivity contribution in [1.29, 1.82) is 0 Å². The summed E-state index contributed by atoms with van der Waals surface area (Å²) >= 11 is 0. The Kier molecular flexibility index (Phi) is 8.79. The predicted octanol–water partition coefficient (Wildman–Crippen LogP) is 6.29. The lowest BCUT2D eigenvalue weighted by atomic mass is 9.73. The van der Waals surface area contributed by atoms with Gasteiger partial charge in [0.15, 0.2) is 11.5 Å². The summed E-state index contributed by atoms with van der Waals surface area (Å²) in [5.41, 5.74) is 2.69. The van der Waals surface area contributed by atoms with Gasteiger partial charge < -0.3 is 19.7 Å². The number of hydrogen-bond acceptors (Lipinski definition) is 4. The first-order valence-electron chi connectivity index (χ1n) is 13.8. The van der Waals surface area contributed by atoms with Crippen molar-refractivity contribution < 1.29 is 14.3 Å². The van der Waals surface area contributed by atoms with Crippen molar-refractivity contribution in [2.24, 2.45) is 0 Å². The molecule has 2 fully saturated rings. The van der Waals surface area contributed by atoms with Gasteiger partial charge in [-0.25, -0.2) is 0 Å². The molecule has 2 aliphatic carbocycles. The number of amides is 1. The summed E-state index contributed by atoms with van der Waals surface area (Å²) in [4.78, 5) is 14.8. The molecule has 34 heavy (non-hydrogen) atoms. The molecule has 3 aliphatic rings. The Morgan fingerprint density at radius 2 is 1.41 bits per heavy atom. The quantitative estimate of drug-likeness (QED) is 0.562. The van der Waals surface area contributed by atoms with Crippen molar-refractivity contribution in [3.05, 3.63) is 23.3 Å². The summed E-state index contributed by atoms with van der Waals surface area (Å²) in [7, 11) is 3.40. The van der Waals surface area contributed by atoms with Gasteiger partial charge in [0.2, 0.25) is 5.91 Å². The van der Waals surface area contributed by atoms with Crippen LogP contribution in [0.2, 0.25) is 0 Å². The Bertz CT molecular complexity index is 804. The second-order valence-electron chi connectivity index (χ2n) is 11.0. The minimum absolute atomic E-state index is 0.0356.